The van der Waals surface area contributed by atoms with E-state index in [2.05, 4.69) is 10.6 Å². The molecule has 2 aromatic rings. The van der Waals surface area contributed by atoms with Gasteiger partial charge in [0.15, 0.2) is 0 Å². The van der Waals surface area contributed by atoms with E-state index in [1.165, 1.54) is 12.1 Å². The smallest absolute Gasteiger partial charge is 0.225 e. The Kier molecular flexibility index (Phi) is 6.28. The van der Waals surface area contributed by atoms with Gasteiger partial charge < -0.3 is 10.6 Å². The number of nitriles is 1. The SMILES string of the molecule is N#Cc1cccc(NC(=O)CCNCCc2ccc(F)cc2)c1. The molecule has 0 heterocycles. The summed E-state index contributed by atoms with van der Waals surface area (Å²) in [6.07, 6.45) is 1.13. The number of carbonyl (C=O) groups excluding carboxylic acids is 1. The Morgan fingerprint density at radius 1 is 1.13 bits per heavy atom. The van der Waals surface area contributed by atoms with Crippen LogP contribution in [-0.2, 0) is 11.2 Å². The summed E-state index contributed by atoms with van der Waals surface area (Å²) in [5.74, 6) is -0.340. The van der Waals surface area contributed by atoms with Gasteiger partial charge in [-0.3, -0.25) is 4.79 Å². The molecule has 0 saturated carbocycles. The number of benzene rings is 2. The molecule has 118 valence electrons. The summed E-state index contributed by atoms with van der Waals surface area (Å²) in [5, 5.41) is 14.8. The van der Waals surface area contributed by atoms with E-state index in [1.54, 1.807) is 36.4 Å². The molecule has 0 bridgehead atoms. The van der Waals surface area contributed by atoms with E-state index in [0.29, 0.717) is 24.2 Å². The van der Waals surface area contributed by atoms with E-state index >= 15 is 0 Å². The quantitative estimate of drug-likeness (QED) is 0.773. The van der Waals surface area contributed by atoms with Gasteiger partial charge in [0.25, 0.3) is 0 Å². The van der Waals surface area contributed by atoms with Crippen molar-refractivity contribution in [1.29, 1.82) is 5.26 Å². The lowest BCUT2D eigenvalue weighted by Crippen LogP contribution is -2.23. The summed E-state index contributed by atoms with van der Waals surface area (Å²) in [5.41, 5.74) is 2.19. The third-order valence-corrected chi connectivity index (χ3v) is 3.31. The van der Waals surface area contributed by atoms with Crippen LogP contribution < -0.4 is 10.6 Å². The standard InChI is InChI=1S/C18H18FN3O/c19-16-6-4-14(5-7-16)8-10-21-11-9-18(23)22-17-3-1-2-15(12-17)13-20/h1-7,12,21H,8-11H2,(H,22,23). The second kappa shape index (κ2) is 8.66. The number of hydrogen-bond acceptors (Lipinski definition) is 3. The number of nitrogens with one attached hydrogen (secondary N) is 2. The fourth-order valence-corrected chi connectivity index (χ4v) is 2.10. The van der Waals surface area contributed by atoms with Gasteiger partial charge in [0.2, 0.25) is 5.91 Å². The molecule has 0 saturated heterocycles. The minimum atomic E-state index is -0.237. The van der Waals surface area contributed by atoms with Gasteiger partial charge in [-0.25, -0.2) is 4.39 Å². The van der Waals surface area contributed by atoms with Crippen molar-refractivity contribution < 1.29 is 9.18 Å². The Hall–Kier alpha value is -2.71. The maximum Gasteiger partial charge on any atom is 0.225 e. The monoisotopic (exact) mass is 311 g/mol. The van der Waals surface area contributed by atoms with Gasteiger partial charge in [0, 0.05) is 18.7 Å². The zero-order valence-electron chi connectivity index (χ0n) is 12.7. The number of halogens is 1. The molecule has 0 aliphatic carbocycles. The van der Waals surface area contributed by atoms with Crippen LogP contribution in [0.4, 0.5) is 10.1 Å². The maximum absolute atomic E-state index is 12.8. The van der Waals surface area contributed by atoms with Crippen LogP contribution in [0, 0.1) is 17.1 Å². The Bertz CT molecular complexity index is 692. The lowest BCUT2D eigenvalue weighted by Gasteiger charge is -2.07. The summed E-state index contributed by atoms with van der Waals surface area (Å²) in [6, 6.07) is 15.2. The van der Waals surface area contributed by atoms with Crippen LogP contribution >= 0.6 is 0 Å². The van der Waals surface area contributed by atoms with Gasteiger partial charge in [-0.1, -0.05) is 18.2 Å². The normalized spacial score (nSPS) is 10.1. The number of carbonyl (C=O) groups is 1. The van der Waals surface area contributed by atoms with Crippen LogP contribution in [0.15, 0.2) is 48.5 Å². The first-order chi connectivity index (χ1) is 11.2. The van der Waals surface area contributed by atoms with Crippen molar-refractivity contribution in [2.45, 2.75) is 12.8 Å². The highest BCUT2D eigenvalue weighted by molar-refractivity contribution is 5.90. The summed E-state index contributed by atoms with van der Waals surface area (Å²) < 4.78 is 12.8. The zero-order chi connectivity index (χ0) is 16.5. The molecule has 5 heteroatoms. The van der Waals surface area contributed by atoms with Crippen molar-refractivity contribution in [3.05, 3.63) is 65.5 Å². The van der Waals surface area contributed by atoms with E-state index < -0.39 is 0 Å². The lowest BCUT2D eigenvalue weighted by atomic mass is 10.1. The Morgan fingerprint density at radius 3 is 2.65 bits per heavy atom. The average molecular weight is 311 g/mol. The van der Waals surface area contributed by atoms with Gasteiger partial charge in [-0.05, 0) is 48.9 Å². The molecular weight excluding hydrogens is 293 g/mol. The minimum Gasteiger partial charge on any atom is -0.326 e. The molecule has 0 atom stereocenters. The summed E-state index contributed by atoms with van der Waals surface area (Å²) in [7, 11) is 0. The van der Waals surface area contributed by atoms with Crippen molar-refractivity contribution in [2.24, 2.45) is 0 Å². The highest BCUT2D eigenvalue weighted by Gasteiger charge is 2.03. The predicted octanol–water partition coefficient (Wildman–Crippen LogP) is 2.86. The first-order valence-corrected chi connectivity index (χ1v) is 7.42. The number of nitrogens with zero attached hydrogens (tertiary/aromatic N) is 1. The number of hydrogen-bond donors (Lipinski definition) is 2. The molecule has 1 amide bonds. The predicted molar refractivity (Wildman–Crippen MR) is 87.4 cm³/mol. The Balaban J connectivity index is 1.65. The summed E-state index contributed by atoms with van der Waals surface area (Å²) in [6.45, 7) is 1.29. The van der Waals surface area contributed by atoms with Crippen molar-refractivity contribution in [1.82, 2.24) is 5.32 Å². The highest BCUT2D eigenvalue weighted by Crippen LogP contribution is 2.09. The van der Waals surface area contributed by atoms with E-state index in [9.17, 15) is 9.18 Å². The van der Waals surface area contributed by atoms with Crippen LogP contribution in [-0.4, -0.2) is 19.0 Å². The van der Waals surface area contributed by atoms with Gasteiger partial charge in [0.05, 0.1) is 11.6 Å². The molecule has 2 rings (SSSR count). The van der Waals surface area contributed by atoms with Gasteiger partial charge in [-0.2, -0.15) is 5.26 Å². The number of anilines is 1. The van der Waals surface area contributed by atoms with Crippen LogP contribution in [0.2, 0.25) is 0 Å². The van der Waals surface area contributed by atoms with Gasteiger partial charge >= 0.3 is 0 Å². The maximum atomic E-state index is 12.8. The Labute approximate surface area is 134 Å². The molecule has 0 aliphatic heterocycles. The molecule has 4 nitrogen and oxygen atoms in total. The molecule has 23 heavy (non-hydrogen) atoms. The van der Waals surface area contributed by atoms with Gasteiger partial charge in [0.1, 0.15) is 5.82 Å². The van der Waals surface area contributed by atoms with Crippen LogP contribution in [0.1, 0.15) is 17.5 Å². The molecule has 2 aromatic carbocycles. The third kappa shape index (κ3) is 5.89. The van der Waals surface area contributed by atoms with Crippen molar-refractivity contribution >= 4 is 11.6 Å². The largest absolute Gasteiger partial charge is 0.326 e. The summed E-state index contributed by atoms with van der Waals surface area (Å²) in [4.78, 5) is 11.8. The van der Waals surface area contributed by atoms with Crippen LogP contribution in [0.5, 0.6) is 0 Å². The minimum absolute atomic E-state index is 0.102. The molecular formula is C18H18FN3O. The van der Waals surface area contributed by atoms with E-state index in [1.807, 2.05) is 6.07 Å². The zero-order valence-corrected chi connectivity index (χ0v) is 12.7. The number of rotatable bonds is 7. The lowest BCUT2D eigenvalue weighted by molar-refractivity contribution is -0.116. The molecule has 0 fully saturated rings. The second-order valence-electron chi connectivity index (χ2n) is 5.12. The molecule has 0 aromatic heterocycles. The van der Waals surface area contributed by atoms with E-state index in [4.69, 9.17) is 5.26 Å². The highest BCUT2D eigenvalue weighted by atomic mass is 19.1. The summed E-state index contributed by atoms with van der Waals surface area (Å²) >= 11 is 0. The fourth-order valence-electron chi connectivity index (χ4n) is 2.10. The second-order valence-corrected chi connectivity index (χ2v) is 5.12. The topological polar surface area (TPSA) is 64.9 Å². The molecule has 2 N–H and O–H groups in total. The van der Waals surface area contributed by atoms with Crippen molar-refractivity contribution in [3.8, 4) is 6.07 Å². The molecule has 0 spiro atoms. The Morgan fingerprint density at radius 2 is 1.91 bits per heavy atom. The van der Waals surface area contributed by atoms with Crippen molar-refractivity contribution in [3.63, 3.8) is 0 Å². The average Bonchev–Trinajstić information content (AvgIpc) is 2.56. The fraction of sp³-hybridized carbons (Fsp3) is 0.222. The van der Waals surface area contributed by atoms with Gasteiger partial charge in [-0.15, -0.1) is 0 Å². The first kappa shape index (κ1) is 16.7. The molecule has 0 radical (unpaired) electrons. The van der Waals surface area contributed by atoms with Crippen molar-refractivity contribution in [2.75, 3.05) is 18.4 Å². The number of amides is 1. The van der Waals surface area contributed by atoms with E-state index in [0.717, 1.165) is 18.5 Å². The van der Waals surface area contributed by atoms with Crippen LogP contribution in [0.25, 0.3) is 0 Å². The third-order valence-electron chi connectivity index (χ3n) is 3.31. The van der Waals surface area contributed by atoms with E-state index in [-0.39, 0.29) is 11.7 Å². The first-order valence-electron chi connectivity index (χ1n) is 7.42. The molecule has 0 unspecified atom stereocenters. The molecule has 0 aliphatic rings. The van der Waals surface area contributed by atoms with Crippen LogP contribution in [0.3, 0.4) is 0 Å².